The zero-order chi connectivity index (χ0) is 21.7. The Kier molecular flexibility index (Phi) is 7.34. The van der Waals surface area contributed by atoms with Crippen LogP contribution in [-0.4, -0.2) is 49.4 Å². The number of esters is 1. The molecule has 0 aliphatic rings. The summed E-state index contributed by atoms with van der Waals surface area (Å²) in [4.78, 5) is 41.0. The maximum absolute atomic E-state index is 13.1. The summed E-state index contributed by atoms with van der Waals surface area (Å²) in [5, 5.41) is 2.60. The molecule has 3 N–H and O–H groups in total. The fourth-order valence-electron chi connectivity index (χ4n) is 3.34. The molecule has 0 radical (unpaired) electrons. The van der Waals surface area contributed by atoms with Crippen LogP contribution in [0, 0.1) is 13.8 Å². The molecule has 1 amide bonds. The largest absolute Gasteiger partial charge is 0.462 e. The summed E-state index contributed by atoms with van der Waals surface area (Å²) >= 11 is 0. The molecule has 1 unspecified atom stereocenters. The highest BCUT2D eigenvalue weighted by Gasteiger charge is 2.29. The Morgan fingerprint density at radius 2 is 1.79 bits per heavy atom. The van der Waals surface area contributed by atoms with Gasteiger partial charge >= 0.3 is 5.97 Å². The van der Waals surface area contributed by atoms with E-state index >= 15 is 0 Å². The Bertz CT molecular complexity index is 900. The van der Waals surface area contributed by atoms with Gasteiger partial charge in [0, 0.05) is 23.9 Å². The summed E-state index contributed by atoms with van der Waals surface area (Å²) in [6.07, 6.45) is 0. The highest BCUT2D eigenvalue weighted by atomic mass is 16.5. The van der Waals surface area contributed by atoms with Gasteiger partial charge in [-0.3, -0.25) is 9.59 Å². The van der Waals surface area contributed by atoms with E-state index in [9.17, 15) is 14.4 Å². The second-order valence-electron chi connectivity index (χ2n) is 7.23. The first-order chi connectivity index (χ1) is 13.7. The van der Waals surface area contributed by atoms with Gasteiger partial charge in [-0.1, -0.05) is 12.1 Å². The van der Waals surface area contributed by atoms with E-state index in [0.717, 1.165) is 10.5 Å². The fourth-order valence-corrected chi connectivity index (χ4v) is 3.34. The monoisotopic (exact) mass is 400 g/mol. The number of quaternary nitrogens is 1. The van der Waals surface area contributed by atoms with Crippen LogP contribution in [-0.2, 0) is 11.3 Å². The van der Waals surface area contributed by atoms with Crippen LogP contribution >= 0.6 is 0 Å². The lowest BCUT2D eigenvalue weighted by Crippen LogP contribution is -3.12. The number of aromatic nitrogens is 1. The minimum atomic E-state index is -0.414. The molecule has 2 aromatic rings. The Morgan fingerprint density at radius 1 is 1.17 bits per heavy atom. The molecule has 7 heteroatoms. The van der Waals surface area contributed by atoms with Gasteiger partial charge in [-0.2, -0.15) is 0 Å². The molecule has 0 fully saturated rings. The number of amides is 1. The van der Waals surface area contributed by atoms with E-state index in [-0.39, 0.29) is 24.3 Å². The number of ketones is 1. The molecule has 0 aliphatic heterocycles. The van der Waals surface area contributed by atoms with Crippen molar-refractivity contribution in [1.29, 1.82) is 0 Å². The molecule has 0 spiro atoms. The maximum Gasteiger partial charge on any atom is 0.340 e. The number of aryl methyl sites for hydroxylation is 1. The molecule has 2 rings (SSSR count). The molecular formula is C22H30N3O4+. The summed E-state index contributed by atoms with van der Waals surface area (Å²) in [6.45, 7) is 8.07. The minimum absolute atomic E-state index is 0.0550. The maximum atomic E-state index is 13.1. The van der Waals surface area contributed by atoms with E-state index < -0.39 is 5.97 Å². The molecule has 2 atom stereocenters. The van der Waals surface area contributed by atoms with Crippen molar-refractivity contribution in [3.8, 4) is 0 Å². The molecule has 1 aromatic heterocycles. The number of H-pyrrole nitrogens is 1. The van der Waals surface area contributed by atoms with Crippen molar-refractivity contribution in [2.45, 2.75) is 40.3 Å². The van der Waals surface area contributed by atoms with Gasteiger partial charge in [0.25, 0.3) is 5.91 Å². The Labute approximate surface area is 171 Å². The quantitative estimate of drug-likeness (QED) is 0.462. The standard InChI is InChI=1S/C22H29N3O4/c1-7-29-22(28)18-13(2)19(24-14(18)3)20(26)15(4)25(6)12-16-8-10-17(11-9-16)21(27)23-5/h8-11,15,24H,7,12H2,1-6H3,(H,23,27)/p+1/t15-/m1/s1. The van der Waals surface area contributed by atoms with E-state index in [1.54, 1.807) is 40.0 Å². The Balaban J connectivity index is 2.14. The molecule has 0 saturated heterocycles. The molecule has 0 bridgehead atoms. The molecule has 0 saturated carbocycles. The smallest absolute Gasteiger partial charge is 0.340 e. The Hall–Kier alpha value is -2.93. The first-order valence-corrected chi connectivity index (χ1v) is 9.75. The average molecular weight is 400 g/mol. The molecule has 7 nitrogen and oxygen atoms in total. The zero-order valence-corrected chi connectivity index (χ0v) is 17.9. The van der Waals surface area contributed by atoms with Gasteiger partial charge in [0.15, 0.2) is 6.04 Å². The van der Waals surface area contributed by atoms with Gasteiger partial charge in [0.05, 0.1) is 24.9 Å². The lowest BCUT2D eigenvalue weighted by atomic mass is 10.0. The van der Waals surface area contributed by atoms with Crippen LogP contribution in [0.25, 0.3) is 0 Å². The first kappa shape index (κ1) is 22.4. The summed E-state index contributed by atoms with van der Waals surface area (Å²) in [5.74, 6) is -0.598. The lowest BCUT2D eigenvalue weighted by Gasteiger charge is -2.21. The third kappa shape index (κ3) is 4.92. The van der Waals surface area contributed by atoms with Crippen molar-refractivity contribution in [2.75, 3.05) is 20.7 Å². The van der Waals surface area contributed by atoms with Gasteiger partial charge in [0.2, 0.25) is 5.78 Å². The summed E-state index contributed by atoms with van der Waals surface area (Å²) in [6, 6.07) is 7.03. The van der Waals surface area contributed by atoms with Crippen LogP contribution in [0.1, 0.15) is 61.9 Å². The second kappa shape index (κ2) is 9.52. The first-order valence-electron chi connectivity index (χ1n) is 9.75. The van der Waals surface area contributed by atoms with Crippen LogP contribution in [0.4, 0.5) is 0 Å². The SMILES string of the molecule is CCOC(=O)c1c(C)[nH]c(C(=O)[C@@H](C)[NH+](C)Cc2ccc(C(=O)NC)cc2)c1C. The minimum Gasteiger partial charge on any atom is -0.462 e. The third-order valence-corrected chi connectivity index (χ3v) is 5.22. The number of nitrogens with one attached hydrogen (secondary N) is 3. The number of hydrogen-bond donors (Lipinski definition) is 3. The van der Waals surface area contributed by atoms with Crippen LogP contribution in [0.3, 0.4) is 0 Å². The summed E-state index contributed by atoms with van der Waals surface area (Å²) < 4.78 is 5.10. The van der Waals surface area contributed by atoms with Crippen LogP contribution in [0.2, 0.25) is 0 Å². The molecule has 1 aromatic carbocycles. The number of benzene rings is 1. The van der Waals surface area contributed by atoms with Crippen molar-refractivity contribution >= 4 is 17.7 Å². The number of likely N-dealkylation sites (N-methyl/N-ethyl adjacent to an activating group) is 1. The zero-order valence-electron chi connectivity index (χ0n) is 17.9. The molecule has 0 aliphatic carbocycles. The fraction of sp³-hybridized carbons (Fsp3) is 0.409. The van der Waals surface area contributed by atoms with Gasteiger partial charge in [-0.05, 0) is 45.4 Å². The molecule has 156 valence electrons. The van der Waals surface area contributed by atoms with Crippen molar-refractivity contribution in [3.05, 3.63) is 57.9 Å². The highest BCUT2D eigenvalue weighted by Crippen LogP contribution is 2.20. The number of hydrogen-bond acceptors (Lipinski definition) is 4. The van der Waals surface area contributed by atoms with Crippen molar-refractivity contribution < 1.29 is 24.0 Å². The predicted octanol–water partition coefficient (Wildman–Crippen LogP) is 1.45. The van der Waals surface area contributed by atoms with Gasteiger partial charge < -0.3 is 19.9 Å². The van der Waals surface area contributed by atoms with E-state index in [1.165, 1.54) is 0 Å². The van der Waals surface area contributed by atoms with Gasteiger partial charge in [-0.25, -0.2) is 4.79 Å². The topological polar surface area (TPSA) is 92.7 Å². The van der Waals surface area contributed by atoms with Crippen LogP contribution in [0.5, 0.6) is 0 Å². The van der Waals surface area contributed by atoms with Crippen LogP contribution < -0.4 is 10.2 Å². The van der Waals surface area contributed by atoms with Crippen molar-refractivity contribution in [2.24, 2.45) is 0 Å². The van der Waals surface area contributed by atoms with Crippen molar-refractivity contribution in [3.63, 3.8) is 0 Å². The predicted molar refractivity (Wildman–Crippen MR) is 110 cm³/mol. The summed E-state index contributed by atoms with van der Waals surface area (Å²) in [7, 11) is 3.55. The van der Waals surface area contributed by atoms with E-state index in [1.807, 2.05) is 26.1 Å². The Morgan fingerprint density at radius 3 is 2.34 bits per heavy atom. The summed E-state index contributed by atoms with van der Waals surface area (Å²) in [5.41, 5.74) is 3.78. The molecule has 1 heterocycles. The normalized spacial score (nSPS) is 12.9. The second-order valence-corrected chi connectivity index (χ2v) is 7.23. The molecular weight excluding hydrogens is 370 g/mol. The highest BCUT2D eigenvalue weighted by molar-refractivity contribution is 6.03. The number of carbonyl (C=O) groups excluding carboxylic acids is 3. The van der Waals surface area contributed by atoms with Crippen molar-refractivity contribution in [1.82, 2.24) is 10.3 Å². The molecule has 29 heavy (non-hydrogen) atoms. The van der Waals surface area contributed by atoms with E-state index in [4.69, 9.17) is 4.74 Å². The number of ether oxygens (including phenoxy) is 1. The number of rotatable bonds is 8. The van der Waals surface area contributed by atoms with E-state index in [0.29, 0.717) is 34.6 Å². The lowest BCUT2D eigenvalue weighted by molar-refractivity contribution is -0.907. The number of carbonyl (C=O) groups is 3. The average Bonchev–Trinajstić information content (AvgIpc) is 3.00. The van der Waals surface area contributed by atoms with E-state index in [2.05, 4.69) is 10.3 Å². The number of Topliss-reactive ketones (excluding diaryl/α,β-unsaturated/α-hetero) is 1. The van der Waals surface area contributed by atoms with Crippen LogP contribution in [0.15, 0.2) is 24.3 Å². The third-order valence-electron chi connectivity index (χ3n) is 5.22. The van der Waals surface area contributed by atoms with Gasteiger partial charge in [-0.15, -0.1) is 0 Å². The van der Waals surface area contributed by atoms with Gasteiger partial charge in [0.1, 0.15) is 6.54 Å². The number of aromatic amines is 1.